The molecule has 0 bridgehead atoms. The lowest BCUT2D eigenvalue weighted by Crippen LogP contribution is -2.47. The summed E-state index contributed by atoms with van der Waals surface area (Å²) in [6.07, 6.45) is 5.34. The molecule has 1 atom stereocenters. The van der Waals surface area contributed by atoms with E-state index in [9.17, 15) is 14.4 Å². The summed E-state index contributed by atoms with van der Waals surface area (Å²) in [5, 5.41) is 7.95. The van der Waals surface area contributed by atoms with E-state index in [-0.39, 0.29) is 18.0 Å². The molecule has 1 saturated carbocycles. The second kappa shape index (κ2) is 13.5. The fourth-order valence-corrected chi connectivity index (χ4v) is 5.37. The van der Waals surface area contributed by atoms with Crippen LogP contribution in [0.5, 0.6) is 5.75 Å². The number of tetrazole rings is 1. The van der Waals surface area contributed by atoms with Crippen LogP contribution < -0.4 is 15.3 Å². The highest BCUT2D eigenvalue weighted by Crippen LogP contribution is 2.34. The highest BCUT2D eigenvalue weighted by Gasteiger charge is 2.32. The lowest BCUT2D eigenvalue weighted by molar-refractivity contribution is -0.117. The summed E-state index contributed by atoms with van der Waals surface area (Å²) >= 11 is 17.4. The van der Waals surface area contributed by atoms with Crippen LogP contribution in [-0.2, 0) is 4.79 Å². The Labute approximate surface area is 247 Å². The van der Waals surface area contributed by atoms with Gasteiger partial charge in [-0.2, -0.15) is 4.68 Å². The first-order valence-corrected chi connectivity index (χ1v) is 14.4. The number of hydrogen-bond donors (Lipinski definition) is 0. The van der Waals surface area contributed by atoms with Crippen LogP contribution in [0, 0.1) is 0 Å². The van der Waals surface area contributed by atoms with Gasteiger partial charge in [-0.1, -0.05) is 78.3 Å². The van der Waals surface area contributed by atoms with Crippen LogP contribution >= 0.6 is 34.8 Å². The summed E-state index contributed by atoms with van der Waals surface area (Å²) in [7, 11) is 0. The minimum Gasteiger partial charge on any atom is -0.489 e. The van der Waals surface area contributed by atoms with Gasteiger partial charge in [0.1, 0.15) is 12.4 Å². The first kappa shape index (κ1) is 29.9. The first-order chi connectivity index (χ1) is 19.2. The van der Waals surface area contributed by atoms with Crippen molar-refractivity contribution in [3.63, 3.8) is 0 Å². The van der Waals surface area contributed by atoms with Gasteiger partial charge in [-0.15, -0.1) is 4.68 Å². The van der Waals surface area contributed by atoms with E-state index < -0.39 is 16.6 Å². The van der Waals surface area contributed by atoms with Crippen molar-refractivity contribution in [2.45, 2.75) is 62.9 Å². The number of nitrogens with zero attached hydrogens (tertiary/aromatic N) is 6. The van der Waals surface area contributed by atoms with Gasteiger partial charge in [-0.25, -0.2) is 9.59 Å². The molecule has 0 spiro atoms. The molecule has 40 heavy (non-hydrogen) atoms. The third kappa shape index (κ3) is 6.45. The van der Waals surface area contributed by atoms with Crippen LogP contribution in [0.1, 0.15) is 46.0 Å². The van der Waals surface area contributed by atoms with E-state index in [0.717, 1.165) is 40.7 Å². The molecule has 0 saturated heterocycles. The predicted octanol–water partition coefficient (Wildman–Crippen LogP) is 5.31. The van der Waals surface area contributed by atoms with Crippen molar-refractivity contribution in [3.8, 4) is 11.4 Å². The third-order valence-corrected chi connectivity index (χ3v) is 7.61. The molecule has 214 valence electrons. The molecule has 1 aliphatic carbocycles. The van der Waals surface area contributed by atoms with Crippen molar-refractivity contribution in [1.29, 1.82) is 0 Å². The Morgan fingerprint density at radius 3 is 2.33 bits per heavy atom. The Hall–Kier alpha value is -3.08. The summed E-state index contributed by atoms with van der Waals surface area (Å²) in [5.41, 5.74) is 0.517. The van der Waals surface area contributed by atoms with Crippen LogP contribution in [0.15, 0.2) is 53.3 Å². The number of aromatic nitrogens is 4. The number of carbonyl (C=O) groups is 2. The SMILES string of the molecule is CC1COc2ccccc2N1C(=O)C(Cl)Cl.CCN(C(=O)n1nnn(-c2ccccc2Cl)c1=O)C1CCCCC1. The van der Waals surface area contributed by atoms with Gasteiger partial charge in [0.05, 0.1) is 22.4 Å². The number of rotatable bonds is 4. The van der Waals surface area contributed by atoms with Crippen molar-refractivity contribution in [1.82, 2.24) is 24.7 Å². The van der Waals surface area contributed by atoms with Crippen LogP contribution in [0.2, 0.25) is 5.02 Å². The van der Waals surface area contributed by atoms with E-state index in [4.69, 9.17) is 39.5 Å². The summed E-state index contributed by atoms with van der Waals surface area (Å²) in [4.78, 5) is 39.5. The van der Waals surface area contributed by atoms with Crippen LogP contribution in [0.4, 0.5) is 10.5 Å². The standard InChI is InChI=1S/C16H20ClN5O2.C11H11Cl2NO2/c1-2-20(12-8-4-3-5-9-12)15(23)22-16(24)21(18-19-22)14-11-7-6-10-13(14)17;1-7-6-16-9-5-3-2-4-8(9)14(7)11(15)10(12)13/h6-7,10-12H,2-5,8-9H2,1H3;2-5,7,10H,6H2,1H3. The maximum absolute atomic E-state index is 12.8. The Morgan fingerprint density at radius 2 is 1.68 bits per heavy atom. The summed E-state index contributed by atoms with van der Waals surface area (Å²) in [6, 6.07) is 13.8. The van der Waals surface area contributed by atoms with Crippen LogP contribution in [0.25, 0.3) is 5.69 Å². The number of hydrogen-bond acceptors (Lipinski definition) is 6. The Kier molecular flexibility index (Phi) is 10.1. The quantitative estimate of drug-likeness (QED) is 0.294. The molecular formula is C27H31Cl3N6O4. The van der Waals surface area contributed by atoms with E-state index in [1.54, 1.807) is 34.1 Å². The smallest absolute Gasteiger partial charge is 0.377 e. The van der Waals surface area contributed by atoms with Gasteiger partial charge in [0.25, 0.3) is 5.91 Å². The number of carbonyl (C=O) groups excluding carboxylic acids is 2. The molecule has 0 radical (unpaired) electrons. The number of fused-ring (bicyclic) bond motifs is 1. The first-order valence-electron chi connectivity index (χ1n) is 13.2. The van der Waals surface area contributed by atoms with Gasteiger partial charge in [0, 0.05) is 12.6 Å². The zero-order chi connectivity index (χ0) is 28.8. The van der Waals surface area contributed by atoms with Crippen molar-refractivity contribution in [2.24, 2.45) is 0 Å². The zero-order valence-electron chi connectivity index (χ0n) is 22.3. The van der Waals surface area contributed by atoms with E-state index >= 15 is 0 Å². The number of anilines is 1. The van der Waals surface area contributed by atoms with E-state index in [1.807, 2.05) is 38.1 Å². The van der Waals surface area contributed by atoms with E-state index in [2.05, 4.69) is 10.4 Å². The molecule has 2 aliphatic rings. The molecule has 2 amide bonds. The number of halogens is 3. The monoisotopic (exact) mass is 608 g/mol. The Balaban J connectivity index is 0.000000201. The van der Waals surface area contributed by atoms with Gasteiger partial charge in [-0.3, -0.25) is 4.79 Å². The number of benzene rings is 2. The molecule has 10 nitrogen and oxygen atoms in total. The molecular weight excluding hydrogens is 579 g/mol. The minimum atomic E-state index is -1.05. The minimum absolute atomic E-state index is 0.0672. The normalized spacial score (nSPS) is 16.9. The molecule has 2 aromatic carbocycles. The van der Waals surface area contributed by atoms with E-state index in [0.29, 0.717) is 29.6 Å². The highest BCUT2D eigenvalue weighted by molar-refractivity contribution is 6.54. The second-order valence-electron chi connectivity index (χ2n) is 9.53. The largest absolute Gasteiger partial charge is 0.489 e. The van der Waals surface area contributed by atoms with Gasteiger partial charge in [0.15, 0.2) is 4.84 Å². The van der Waals surface area contributed by atoms with Gasteiger partial charge in [0.2, 0.25) is 0 Å². The molecule has 2 heterocycles. The zero-order valence-corrected chi connectivity index (χ0v) is 24.5. The van der Waals surface area contributed by atoms with Crippen molar-refractivity contribution in [2.75, 3.05) is 18.1 Å². The van der Waals surface area contributed by atoms with Gasteiger partial charge in [-0.05, 0) is 61.4 Å². The summed E-state index contributed by atoms with van der Waals surface area (Å²) in [5.74, 6) is 0.370. The fourth-order valence-electron chi connectivity index (χ4n) is 4.95. The van der Waals surface area contributed by atoms with Gasteiger partial charge >= 0.3 is 11.7 Å². The maximum atomic E-state index is 12.8. The number of alkyl halides is 2. The molecule has 0 N–H and O–H groups in total. The molecule has 1 aliphatic heterocycles. The lowest BCUT2D eigenvalue weighted by atomic mass is 9.94. The van der Waals surface area contributed by atoms with Crippen molar-refractivity contribution >= 4 is 52.4 Å². The molecule has 1 fully saturated rings. The summed E-state index contributed by atoms with van der Waals surface area (Å²) in [6.45, 7) is 4.79. The number of ether oxygens (including phenoxy) is 1. The van der Waals surface area contributed by atoms with Gasteiger partial charge < -0.3 is 14.5 Å². The lowest BCUT2D eigenvalue weighted by Gasteiger charge is -2.35. The Bertz CT molecular complexity index is 1390. The van der Waals surface area contributed by atoms with Crippen LogP contribution in [-0.4, -0.2) is 66.7 Å². The topological polar surface area (TPSA) is 103 Å². The predicted molar refractivity (Wildman–Crippen MR) is 155 cm³/mol. The molecule has 3 aromatic rings. The highest BCUT2D eigenvalue weighted by atomic mass is 35.5. The second-order valence-corrected chi connectivity index (χ2v) is 11.0. The molecule has 1 aromatic heterocycles. The fraction of sp³-hybridized carbons (Fsp3) is 0.444. The average molecular weight is 610 g/mol. The molecule has 5 rings (SSSR count). The molecule has 13 heteroatoms. The average Bonchev–Trinajstić information content (AvgIpc) is 3.35. The maximum Gasteiger partial charge on any atom is 0.377 e. The molecule has 1 unspecified atom stereocenters. The van der Waals surface area contributed by atoms with Crippen molar-refractivity contribution < 1.29 is 14.3 Å². The number of para-hydroxylation sites is 3. The van der Waals surface area contributed by atoms with Crippen molar-refractivity contribution in [3.05, 3.63) is 64.0 Å². The van der Waals surface area contributed by atoms with E-state index in [1.165, 1.54) is 6.42 Å². The third-order valence-electron chi connectivity index (χ3n) is 6.91. The summed E-state index contributed by atoms with van der Waals surface area (Å²) < 4.78 is 7.39. The Morgan fingerprint density at radius 1 is 1.02 bits per heavy atom. The number of amides is 2. The van der Waals surface area contributed by atoms with Crippen LogP contribution in [0.3, 0.4) is 0 Å².